The van der Waals surface area contributed by atoms with Gasteiger partial charge >= 0.3 is 0 Å². The van der Waals surface area contributed by atoms with Crippen LogP contribution in [0.15, 0.2) is 28.1 Å². The highest BCUT2D eigenvalue weighted by Gasteiger charge is 2.26. The Morgan fingerprint density at radius 1 is 1.32 bits per heavy atom. The quantitative estimate of drug-likeness (QED) is 0.840. The van der Waals surface area contributed by atoms with Crippen LogP contribution < -0.4 is 10.0 Å². The number of aryl methyl sites for hydroxylation is 1. The zero-order chi connectivity index (χ0) is 15.6. The lowest BCUT2D eigenvalue weighted by Crippen LogP contribution is -2.42. The van der Waals surface area contributed by atoms with E-state index in [1.807, 2.05) is 13.0 Å². The fraction of sp³-hybridized carbons (Fsp3) is 0.500. The number of anilines is 1. The van der Waals surface area contributed by atoms with Gasteiger partial charge in [-0.25, -0.2) is 13.1 Å². The van der Waals surface area contributed by atoms with Gasteiger partial charge in [0, 0.05) is 19.6 Å². The first kappa shape index (κ1) is 15.3. The van der Waals surface area contributed by atoms with Crippen LogP contribution in [0.1, 0.15) is 5.56 Å². The van der Waals surface area contributed by atoms with E-state index in [-0.39, 0.29) is 10.9 Å². The molecule has 7 nitrogen and oxygen atoms in total. The van der Waals surface area contributed by atoms with E-state index in [2.05, 4.69) is 19.9 Å². The minimum absolute atomic E-state index is 0.264. The first-order valence-electron chi connectivity index (χ1n) is 7.30. The van der Waals surface area contributed by atoms with Crippen molar-refractivity contribution >= 4 is 21.7 Å². The van der Waals surface area contributed by atoms with Gasteiger partial charge in [-0.05, 0) is 24.6 Å². The van der Waals surface area contributed by atoms with E-state index in [1.54, 1.807) is 12.1 Å². The summed E-state index contributed by atoms with van der Waals surface area (Å²) in [6.45, 7) is 6.46. The van der Waals surface area contributed by atoms with Crippen LogP contribution in [-0.2, 0) is 14.8 Å². The van der Waals surface area contributed by atoms with Crippen molar-refractivity contribution < 1.29 is 13.2 Å². The second-order valence-corrected chi connectivity index (χ2v) is 7.07. The number of fused-ring (bicyclic) bond motifs is 1. The molecule has 2 N–H and O–H groups in total. The molecule has 0 aromatic heterocycles. The molecule has 3 rings (SSSR count). The molecule has 1 saturated heterocycles. The smallest absolute Gasteiger partial charge is 0.266 e. The molecule has 2 aliphatic heterocycles. The molecule has 1 fully saturated rings. The molecule has 0 bridgehead atoms. The van der Waals surface area contributed by atoms with Crippen LogP contribution in [0.3, 0.4) is 0 Å². The molecule has 2 heterocycles. The summed E-state index contributed by atoms with van der Waals surface area (Å²) in [5.41, 5.74) is 1.47. The van der Waals surface area contributed by atoms with Gasteiger partial charge in [0.15, 0.2) is 0 Å². The number of morpholine rings is 1. The van der Waals surface area contributed by atoms with Gasteiger partial charge in [0.2, 0.25) is 5.96 Å². The number of sulfonamides is 1. The van der Waals surface area contributed by atoms with Crippen molar-refractivity contribution in [1.82, 2.24) is 9.62 Å². The average Bonchev–Trinajstić information content (AvgIpc) is 2.49. The lowest BCUT2D eigenvalue weighted by molar-refractivity contribution is 0.0394. The van der Waals surface area contributed by atoms with Gasteiger partial charge in [-0.3, -0.25) is 9.89 Å². The normalized spacial score (nSPS) is 22.7. The van der Waals surface area contributed by atoms with Gasteiger partial charge in [-0.2, -0.15) is 0 Å². The zero-order valence-corrected chi connectivity index (χ0v) is 13.3. The first-order chi connectivity index (χ1) is 10.5. The van der Waals surface area contributed by atoms with E-state index in [9.17, 15) is 8.42 Å². The molecule has 0 atom stereocenters. The van der Waals surface area contributed by atoms with Gasteiger partial charge in [-0.1, -0.05) is 6.07 Å². The fourth-order valence-electron chi connectivity index (χ4n) is 2.49. The highest BCUT2D eigenvalue weighted by atomic mass is 32.2. The summed E-state index contributed by atoms with van der Waals surface area (Å²) in [6.07, 6.45) is 0. The number of nitrogens with zero attached hydrogens (tertiary/aromatic N) is 2. The van der Waals surface area contributed by atoms with Crippen molar-refractivity contribution in [1.29, 1.82) is 0 Å². The second kappa shape index (κ2) is 6.23. The lowest BCUT2D eigenvalue weighted by atomic mass is 10.2. The van der Waals surface area contributed by atoms with Gasteiger partial charge < -0.3 is 10.1 Å². The number of rotatable bonds is 3. The number of benzene rings is 1. The molecule has 1 aromatic rings. The predicted molar refractivity (Wildman–Crippen MR) is 84.7 cm³/mol. The molecule has 1 aromatic carbocycles. The molecule has 2 aliphatic rings. The molecule has 120 valence electrons. The maximum atomic E-state index is 12.2. The molecule has 22 heavy (non-hydrogen) atoms. The van der Waals surface area contributed by atoms with E-state index >= 15 is 0 Å². The molecule has 0 spiro atoms. The Hall–Kier alpha value is -1.64. The van der Waals surface area contributed by atoms with E-state index in [0.717, 1.165) is 38.4 Å². The fourth-order valence-corrected chi connectivity index (χ4v) is 3.72. The van der Waals surface area contributed by atoms with Crippen LogP contribution in [0.25, 0.3) is 0 Å². The average molecular weight is 324 g/mol. The summed E-state index contributed by atoms with van der Waals surface area (Å²) in [7, 11) is -3.55. The van der Waals surface area contributed by atoms with Crippen molar-refractivity contribution in [2.45, 2.75) is 11.8 Å². The largest absolute Gasteiger partial charge is 0.379 e. The zero-order valence-electron chi connectivity index (χ0n) is 12.5. The Labute approximate surface area is 130 Å². The van der Waals surface area contributed by atoms with Crippen molar-refractivity contribution in [2.24, 2.45) is 4.99 Å². The van der Waals surface area contributed by atoms with Gasteiger partial charge in [0.25, 0.3) is 10.0 Å². The maximum absolute atomic E-state index is 12.2. The number of guanidine groups is 1. The van der Waals surface area contributed by atoms with E-state index in [1.165, 1.54) is 0 Å². The van der Waals surface area contributed by atoms with E-state index < -0.39 is 10.0 Å². The number of hydrogen-bond acceptors (Lipinski definition) is 5. The topological polar surface area (TPSA) is 83.0 Å². The van der Waals surface area contributed by atoms with Crippen molar-refractivity contribution in [3.8, 4) is 0 Å². The van der Waals surface area contributed by atoms with Gasteiger partial charge in [0.1, 0.15) is 4.90 Å². The van der Waals surface area contributed by atoms with Crippen LogP contribution in [0.5, 0.6) is 0 Å². The molecule has 0 radical (unpaired) electrons. The van der Waals surface area contributed by atoms with Crippen LogP contribution in [-0.4, -0.2) is 58.7 Å². The highest BCUT2D eigenvalue weighted by molar-refractivity contribution is 7.90. The van der Waals surface area contributed by atoms with Crippen molar-refractivity contribution in [3.63, 3.8) is 0 Å². The first-order valence-corrected chi connectivity index (χ1v) is 8.78. The summed E-state index contributed by atoms with van der Waals surface area (Å²) in [6, 6.07) is 5.29. The Morgan fingerprint density at radius 2 is 2.09 bits per heavy atom. The number of aliphatic imine (C=N–C) groups is 1. The SMILES string of the molecule is Cc1ccc2c(c1)S(=O)(=O)NC(=NCCN1CCOCC1)N2. The van der Waals surface area contributed by atoms with Gasteiger partial charge in [0.05, 0.1) is 25.4 Å². The Bertz CT molecular complexity index is 681. The summed E-state index contributed by atoms with van der Waals surface area (Å²) >= 11 is 0. The molecule has 0 amide bonds. The Morgan fingerprint density at radius 3 is 2.86 bits per heavy atom. The third-order valence-electron chi connectivity index (χ3n) is 3.70. The molecule has 0 saturated carbocycles. The molecule has 8 heteroatoms. The summed E-state index contributed by atoms with van der Waals surface area (Å²) in [4.78, 5) is 6.84. The van der Waals surface area contributed by atoms with Gasteiger partial charge in [-0.15, -0.1) is 0 Å². The van der Waals surface area contributed by atoms with E-state index in [4.69, 9.17) is 4.74 Å². The van der Waals surface area contributed by atoms with Crippen LogP contribution >= 0.6 is 0 Å². The third kappa shape index (κ3) is 3.40. The Balaban J connectivity index is 1.69. The number of hydrogen-bond donors (Lipinski definition) is 2. The molecular formula is C14H20N4O3S. The highest BCUT2D eigenvalue weighted by Crippen LogP contribution is 2.25. The molecule has 0 aliphatic carbocycles. The summed E-state index contributed by atoms with van der Waals surface area (Å²) in [5, 5.41) is 3.03. The van der Waals surface area contributed by atoms with E-state index in [0.29, 0.717) is 12.2 Å². The molecule has 0 unspecified atom stereocenters. The van der Waals surface area contributed by atoms with Crippen LogP contribution in [0.2, 0.25) is 0 Å². The number of ether oxygens (including phenoxy) is 1. The second-order valence-electron chi connectivity index (χ2n) is 5.41. The minimum Gasteiger partial charge on any atom is -0.379 e. The summed E-state index contributed by atoms with van der Waals surface area (Å²) < 4.78 is 32.3. The van der Waals surface area contributed by atoms with Crippen LogP contribution in [0, 0.1) is 6.92 Å². The number of nitrogens with one attached hydrogen (secondary N) is 2. The minimum atomic E-state index is -3.55. The Kier molecular flexibility index (Phi) is 4.32. The maximum Gasteiger partial charge on any atom is 0.266 e. The lowest BCUT2D eigenvalue weighted by Gasteiger charge is -2.26. The monoisotopic (exact) mass is 324 g/mol. The van der Waals surface area contributed by atoms with Crippen molar-refractivity contribution in [3.05, 3.63) is 23.8 Å². The predicted octanol–water partition coefficient (Wildman–Crippen LogP) is 0.387. The molecular weight excluding hydrogens is 304 g/mol. The standard InChI is InChI=1S/C14H20N4O3S/c1-11-2-3-12-13(10-11)22(19,20)17-14(16-12)15-4-5-18-6-8-21-9-7-18/h2-3,10H,4-9H2,1H3,(H2,15,16,17). The summed E-state index contributed by atoms with van der Waals surface area (Å²) in [5.74, 6) is 0.282. The third-order valence-corrected chi connectivity index (χ3v) is 5.08. The van der Waals surface area contributed by atoms with Crippen molar-refractivity contribution in [2.75, 3.05) is 44.7 Å². The van der Waals surface area contributed by atoms with Crippen LogP contribution in [0.4, 0.5) is 5.69 Å².